The molecule has 0 amide bonds. The van der Waals surface area contributed by atoms with E-state index in [0.717, 1.165) is 41.9 Å². The summed E-state index contributed by atoms with van der Waals surface area (Å²) in [7, 11) is 0. The van der Waals surface area contributed by atoms with Gasteiger partial charge in [0.15, 0.2) is 17.5 Å². The number of carbonyl (C=O) groups excluding carboxylic acids is 1. The van der Waals surface area contributed by atoms with Gasteiger partial charge in [-0.25, -0.2) is 18.7 Å². The first-order valence-electron chi connectivity index (χ1n) is 11.3. The molecule has 2 heterocycles. The molecule has 1 aliphatic rings. The molecule has 0 saturated heterocycles. The summed E-state index contributed by atoms with van der Waals surface area (Å²) in [5.41, 5.74) is 3.49. The second kappa shape index (κ2) is 10.7. The van der Waals surface area contributed by atoms with Crippen LogP contribution in [0.15, 0.2) is 48.7 Å². The van der Waals surface area contributed by atoms with E-state index in [1.165, 1.54) is 6.07 Å². The van der Waals surface area contributed by atoms with Crippen LogP contribution in [0.5, 0.6) is 5.75 Å². The first-order valence-corrected chi connectivity index (χ1v) is 11.3. The molecule has 0 spiro atoms. The number of hydrogen-bond donors (Lipinski definition) is 0. The molecule has 1 atom stereocenters. The number of hydrogen-bond acceptors (Lipinski definition) is 6. The molecular formula is C26H27F2N3O3. The maximum absolute atomic E-state index is 13.3. The summed E-state index contributed by atoms with van der Waals surface area (Å²) >= 11 is 0. The zero-order chi connectivity index (χ0) is 24.1. The molecule has 2 aromatic carbocycles. The zero-order valence-electron chi connectivity index (χ0n) is 19.3. The van der Waals surface area contributed by atoms with Crippen LogP contribution in [0, 0.1) is 11.6 Å². The lowest BCUT2D eigenvalue weighted by molar-refractivity contribution is -0.144. The lowest BCUT2D eigenvalue weighted by atomic mass is 10.0. The number of halogens is 2. The molecule has 0 radical (unpaired) electrons. The molecule has 3 aromatic rings. The maximum atomic E-state index is 13.3. The summed E-state index contributed by atoms with van der Waals surface area (Å²) in [6.07, 6.45) is 3.01. The van der Waals surface area contributed by atoms with Crippen molar-refractivity contribution in [1.82, 2.24) is 14.9 Å². The molecule has 4 rings (SSSR count). The van der Waals surface area contributed by atoms with Crippen molar-refractivity contribution in [3.63, 3.8) is 0 Å². The van der Waals surface area contributed by atoms with Crippen LogP contribution in [0.2, 0.25) is 0 Å². The van der Waals surface area contributed by atoms with Crippen molar-refractivity contribution in [2.24, 2.45) is 0 Å². The Hall–Kier alpha value is -3.39. The smallest absolute Gasteiger partial charge is 0.307 e. The fourth-order valence-electron chi connectivity index (χ4n) is 3.94. The van der Waals surface area contributed by atoms with Crippen LogP contribution in [0.1, 0.15) is 37.1 Å². The largest absolute Gasteiger partial charge is 0.489 e. The minimum absolute atomic E-state index is 0.0887. The van der Waals surface area contributed by atoms with Gasteiger partial charge in [-0.05, 0) is 55.8 Å². The number of benzene rings is 2. The van der Waals surface area contributed by atoms with Crippen LogP contribution in [0.25, 0.3) is 11.4 Å². The van der Waals surface area contributed by atoms with Crippen LogP contribution in [0.3, 0.4) is 0 Å². The van der Waals surface area contributed by atoms with Crippen molar-refractivity contribution in [1.29, 1.82) is 0 Å². The van der Waals surface area contributed by atoms with Gasteiger partial charge < -0.3 is 9.47 Å². The quantitative estimate of drug-likeness (QED) is 0.448. The molecule has 0 fully saturated rings. The Morgan fingerprint density at radius 3 is 2.68 bits per heavy atom. The number of fused-ring (bicyclic) bond motifs is 1. The van der Waals surface area contributed by atoms with Gasteiger partial charge in [-0.15, -0.1) is 0 Å². The highest BCUT2D eigenvalue weighted by atomic mass is 19.2. The molecule has 1 unspecified atom stereocenters. The topological polar surface area (TPSA) is 64.5 Å². The van der Waals surface area contributed by atoms with Crippen molar-refractivity contribution < 1.29 is 23.0 Å². The van der Waals surface area contributed by atoms with E-state index in [9.17, 15) is 13.6 Å². The van der Waals surface area contributed by atoms with Crippen molar-refractivity contribution >= 4 is 5.97 Å². The van der Waals surface area contributed by atoms with E-state index in [1.807, 2.05) is 32.2 Å². The molecule has 6 nitrogen and oxygen atoms in total. The number of esters is 1. The van der Waals surface area contributed by atoms with Crippen molar-refractivity contribution in [3.05, 3.63) is 77.1 Å². The van der Waals surface area contributed by atoms with Gasteiger partial charge in [-0.3, -0.25) is 9.69 Å². The number of ether oxygens (including phenoxy) is 2. The minimum Gasteiger partial charge on any atom is -0.489 e. The summed E-state index contributed by atoms with van der Waals surface area (Å²) in [5.74, 6) is -0.698. The van der Waals surface area contributed by atoms with E-state index in [2.05, 4.69) is 9.88 Å². The average Bonchev–Trinajstić information content (AvgIpc) is 2.84. The molecule has 0 saturated carbocycles. The van der Waals surface area contributed by atoms with Gasteiger partial charge in [0.05, 0.1) is 18.7 Å². The second-order valence-electron chi connectivity index (χ2n) is 8.31. The highest BCUT2D eigenvalue weighted by molar-refractivity contribution is 5.70. The van der Waals surface area contributed by atoms with E-state index >= 15 is 0 Å². The molecule has 0 aliphatic carbocycles. The highest BCUT2D eigenvalue weighted by Gasteiger charge is 2.24. The van der Waals surface area contributed by atoms with Crippen LogP contribution in [0.4, 0.5) is 8.78 Å². The monoisotopic (exact) mass is 467 g/mol. The fourth-order valence-corrected chi connectivity index (χ4v) is 3.94. The van der Waals surface area contributed by atoms with Gasteiger partial charge >= 0.3 is 5.97 Å². The molecular weight excluding hydrogens is 440 g/mol. The highest BCUT2D eigenvalue weighted by Crippen LogP contribution is 2.25. The molecule has 1 aliphatic heterocycles. The van der Waals surface area contributed by atoms with Gasteiger partial charge in [-0.2, -0.15) is 0 Å². The Kier molecular flexibility index (Phi) is 7.47. The third-order valence-corrected chi connectivity index (χ3v) is 5.86. The lowest BCUT2D eigenvalue weighted by Gasteiger charge is -2.32. The Labute approximate surface area is 197 Å². The van der Waals surface area contributed by atoms with Crippen molar-refractivity contribution in [2.75, 3.05) is 13.2 Å². The fraction of sp³-hybridized carbons (Fsp3) is 0.346. The predicted molar refractivity (Wildman–Crippen MR) is 123 cm³/mol. The van der Waals surface area contributed by atoms with E-state index in [0.29, 0.717) is 36.7 Å². The molecule has 0 bridgehead atoms. The molecule has 178 valence electrons. The zero-order valence-corrected chi connectivity index (χ0v) is 19.3. The summed E-state index contributed by atoms with van der Waals surface area (Å²) in [6.45, 7) is 5.90. The lowest BCUT2D eigenvalue weighted by Crippen LogP contribution is -2.39. The number of aromatic nitrogens is 2. The standard InChI is InChI=1S/C26H27F2N3O3/c1-3-33-25(32)12-17(2)31-11-10-24-20(15-31)14-29-26(30-24)19-5-7-21(8-6-19)34-16-18-4-9-22(27)23(28)13-18/h4-9,13-14,17H,3,10-12,15-16H2,1-2H3. The number of nitrogens with zero attached hydrogens (tertiary/aromatic N) is 3. The maximum Gasteiger partial charge on any atom is 0.307 e. The van der Waals surface area contributed by atoms with Gasteiger partial charge in [0.1, 0.15) is 12.4 Å². The van der Waals surface area contributed by atoms with Crippen LogP contribution < -0.4 is 4.74 Å². The van der Waals surface area contributed by atoms with Crippen molar-refractivity contribution in [3.8, 4) is 17.1 Å². The van der Waals surface area contributed by atoms with Gasteiger partial charge in [0.2, 0.25) is 0 Å². The van der Waals surface area contributed by atoms with Gasteiger partial charge in [0, 0.05) is 42.9 Å². The Morgan fingerprint density at radius 1 is 1.15 bits per heavy atom. The van der Waals surface area contributed by atoms with E-state index in [4.69, 9.17) is 14.5 Å². The minimum atomic E-state index is -0.891. The van der Waals surface area contributed by atoms with Crippen LogP contribution in [-0.2, 0) is 29.1 Å². The Bertz CT molecular complexity index is 1150. The molecule has 34 heavy (non-hydrogen) atoms. The summed E-state index contributed by atoms with van der Waals surface area (Å²) in [4.78, 5) is 23.3. The molecule has 0 N–H and O–H groups in total. The Balaban J connectivity index is 1.37. The SMILES string of the molecule is CCOC(=O)CC(C)N1CCc2nc(-c3ccc(OCc4ccc(F)c(F)c4)cc3)ncc2C1. The van der Waals surface area contributed by atoms with Gasteiger partial charge in [-0.1, -0.05) is 6.07 Å². The normalized spacial score (nSPS) is 14.4. The second-order valence-corrected chi connectivity index (χ2v) is 8.31. The van der Waals surface area contributed by atoms with Crippen molar-refractivity contribution in [2.45, 2.75) is 45.9 Å². The number of rotatable bonds is 8. The first-order chi connectivity index (χ1) is 16.4. The Morgan fingerprint density at radius 2 is 1.94 bits per heavy atom. The predicted octanol–water partition coefficient (Wildman–Crippen LogP) is 4.70. The summed E-state index contributed by atoms with van der Waals surface area (Å²) < 4.78 is 37.1. The van der Waals surface area contributed by atoms with E-state index in [1.54, 1.807) is 12.1 Å². The van der Waals surface area contributed by atoms with E-state index < -0.39 is 11.6 Å². The summed E-state index contributed by atoms with van der Waals surface area (Å²) in [6, 6.07) is 11.2. The van der Waals surface area contributed by atoms with Crippen LogP contribution >= 0.6 is 0 Å². The molecule has 1 aromatic heterocycles. The third-order valence-electron chi connectivity index (χ3n) is 5.86. The average molecular weight is 468 g/mol. The number of carbonyl (C=O) groups is 1. The van der Waals surface area contributed by atoms with E-state index in [-0.39, 0.29) is 18.6 Å². The molecule has 8 heteroatoms. The van der Waals surface area contributed by atoms with Gasteiger partial charge in [0.25, 0.3) is 0 Å². The first kappa shape index (κ1) is 23.8. The summed E-state index contributed by atoms with van der Waals surface area (Å²) in [5, 5.41) is 0. The third kappa shape index (κ3) is 5.75. The van der Waals surface area contributed by atoms with Crippen LogP contribution in [-0.4, -0.2) is 40.0 Å².